The first-order chi connectivity index (χ1) is 12.4. The highest BCUT2D eigenvalue weighted by Gasteiger charge is 2.22. The van der Waals surface area contributed by atoms with E-state index < -0.39 is 0 Å². The minimum absolute atomic E-state index is 0.0991. The van der Waals surface area contributed by atoms with Gasteiger partial charge in [0.05, 0.1) is 19.8 Å². The van der Waals surface area contributed by atoms with Gasteiger partial charge in [0.2, 0.25) is 0 Å². The van der Waals surface area contributed by atoms with Crippen LogP contribution in [0.1, 0.15) is 44.1 Å². The van der Waals surface area contributed by atoms with Crippen LogP contribution >= 0.6 is 11.3 Å². The fraction of sp³-hybridized carbons (Fsp3) is 0.789. The second-order valence-electron chi connectivity index (χ2n) is 6.64. The summed E-state index contributed by atoms with van der Waals surface area (Å²) in [6.45, 7) is 3.28. The van der Waals surface area contributed by atoms with Crippen LogP contribution in [0.25, 0.3) is 0 Å². The van der Waals surface area contributed by atoms with Gasteiger partial charge in [0.25, 0.3) is 0 Å². The van der Waals surface area contributed by atoms with Crippen LogP contribution in [0.5, 0.6) is 0 Å². The Bertz CT molecular complexity index is 441. The molecule has 1 aromatic heterocycles. The molecule has 0 aromatic carbocycles. The lowest BCUT2D eigenvalue weighted by molar-refractivity contribution is -0.231. The molecule has 3 rings (SSSR count). The van der Waals surface area contributed by atoms with Gasteiger partial charge in [-0.25, -0.2) is 0 Å². The average Bonchev–Trinajstić information content (AvgIpc) is 3.18. The molecule has 3 heterocycles. The van der Waals surface area contributed by atoms with Crippen molar-refractivity contribution in [2.45, 2.75) is 63.6 Å². The molecule has 3 atom stereocenters. The molecule has 6 heteroatoms. The Balaban J connectivity index is 1.39. The Morgan fingerprint density at radius 3 is 2.52 bits per heavy atom. The Hall–Kier alpha value is -0.500. The van der Waals surface area contributed by atoms with E-state index in [-0.39, 0.29) is 18.7 Å². The van der Waals surface area contributed by atoms with E-state index in [9.17, 15) is 0 Å². The van der Waals surface area contributed by atoms with Crippen molar-refractivity contribution in [1.29, 1.82) is 0 Å². The van der Waals surface area contributed by atoms with Crippen molar-refractivity contribution in [3.05, 3.63) is 22.4 Å². The molecule has 142 valence electrons. The molecule has 0 amide bonds. The van der Waals surface area contributed by atoms with Gasteiger partial charge in [-0.2, -0.15) is 11.3 Å². The van der Waals surface area contributed by atoms with Crippen LogP contribution in [0.4, 0.5) is 0 Å². The number of thiophene rings is 1. The van der Waals surface area contributed by atoms with Crippen molar-refractivity contribution >= 4 is 11.3 Å². The van der Waals surface area contributed by atoms with Gasteiger partial charge in [-0.15, -0.1) is 0 Å². The van der Waals surface area contributed by atoms with Gasteiger partial charge in [0.1, 0.15) is 6.10 Å². The summed E-state index contributed by atoms with van der Waals surface area (Å²) in [6, 6.07) is 2.14. The maximum Gasteiger partial charge on any atom is 0.158 e. The monoisotopic (exact) mass is 370 g/mol. The third-order valence-electron chi connectivity index (χ3n) is 4.51. The van der Waals surface area contributed by atoms with E-state index >= 15 is 0 Å². The molecule has 5 nitrogen and oxygen atoms in total. The summed E-state index contributed by atoms with van der Waals surface area (Å²) >= 11 is 1.72. The van der Waals surface area contributed by atoms with Crippen LogP contribution in [0.3, 0.4) is 0 Å². The molecule has 0 radical (unpaired) electrons. The highest BCUT2D eigenvalue weighted by molar-refractivity contribution is 7.07. The van der Waals surface area contributed by atoms with E-state index in [1.165, 1.54) is 12.0 Å². The molecule has 1 aromatic rings. The molecular weight excluding hydrogens is 340 g/mol. The van der Waals surface area contributed by atoms with Crippen molar-refractivity contribution in [2.75, 3.05) is 33.0 Å². The van der Waals surface area contributed by atoms with Crippen molar-refractivity contribution in [2.24, 2.45) is 0 Å². The average molecular weight is 371 g/mol. The third-order valence-corrected chi connectivity index (χ3v) is 5.24. The number of hydrogen-bond donors (Lipinski definition) is 0. The molecule has 25 heavy (non-hydrogen) atoms. The maximum absolute atomic E-state index is 6.09. The quantitative estimate of drug-likeness (QED) is 0.587. The zero-order valence-corrected chi connectivity index (χ0v) is 15.7. The molecule has 0 spiro atoms. The van der Waals surface area contributed by atoms with Crippen LogP contribution < -0.4 is 0 Å². The first-order valence-corrected chi connectivity index (χ1v) is 10.4. The molecule has 0 saturated carbocycles. The van der Waals surface area contributed by atoms with Crippen LogP contribution in [0.2, 0.25) is 0 Å². The van der Waals surface area contributed by atoms with Gasteiger partial charge >= 0.3 is 0 Å². The molecule has 2 aliphatic rings. The molecule has 2 unspecified atom stereocenters. The predicted molar refractivity (Wildman–Crippen MR) is 96.8 cm³/mol. The van der Waals surface area contributed by atoms with Crippen molar-refractivity contribution < 1.29 is 23.7 Å². The molecule has 0 aliphatic carbocycles. The normalized spacial score (nSPS) is 25.8. The lowest BCUT2D eigenvalue weighted by Gasteiger charge is -2.29. The lowest BCUT2D eigenvalue weighted by Crippen LogP contribution is -2.36. The zero-order chi connectivity index (χ0) is 17.2. The topological polar surface area (TPSA) is 46.2 Å². The number of ether oxygens (including phenoxy) is 5. The SMILES string of the molecule is c1cc(CCOC[C@H](COC2CCCCO2)OC2CCCCO2)cs1. The van der Waals surface area contributed by atoms with E-state index in [1.54, 1.807) is 11.3 Å². The zero-order valence-electron chi connectivity index (χ0n) is 14.9. The largest absolute Gasteiger partial charge is 0.378 e. The molecule has 2 aliphatic heterocycles. The fourth-order valence-electron chi connectivity index (χ4n) is 3.06. The van der Waals surface area contributed by atoms with Crippen molar-refractivity contribution in [3.8, 4) is 0 Å². The van der Waals surface area contributed by atoms with Gasteiger partial charge in [-0.3, -0.25) is 0 Å². The summed E-state index contributed by atoms with van der Waals surface area (Å²) in [5.74, 6) is 0. The Morgan fingerprint density at radius 1 is 1.04 bits per heavy atom. The van der Waals surface area contributed by atoms with E-state index in [0.717, 1.165) is 51.7 Å². The summed E-state index contributed by atoms with van der Waals surface area (Å²) in [7, 11) is 0. The second kappa shape index (κ2) is 11.3. The lowest BCUT2D eigenvalue weighted by atomic mass is 10.2. The second-order valence-corrected chi connectivity index (χ2v) is 7.42. The number of hydrogen-bond acceptors (Lipinski definition) is 6. The minimum Gasteiger partial charge on any atom is -0.378 e. The summed E-state index contributed by atoms with van der Waals surface area (Å²) in [6.07, 6.45) is 7.07. The van der Waals surface area contributed by atoms with Gasteiger partial charge in [-0.1, -0.05) is 0 Å². The first-order valence-electron chi connectivity index (χ1n) is 9.49. The Kier molecular flexibility index (Phi) is 8.68. The van der Waals surface area contributed by atoms with Crippen LogP contribution in [-0.4, -0.2) is 51.7 Å². The van der Waals surface area contributed by atoms with Crippen LogP contribution in [0, 0.1) is 0 Å². The summed E-state index contributed by atoms with van der Waals surface area (Å²) in [5.41, 5.74) is 1.32. The summed E-state index contributed by atoms with van der Waals surface area (Å²) in [5, 5.41) is 4.26. The minimum atomic E-state index is -0.130. The predicted octanol–water partition coefficient (Wildman–Crippen LogP) is 3.76. The van der Waals surface area contributed by atoms with E-state index in [0.29, 0.717) is 19.8 Å². The van der Waals surface area contributed by atoms with Gasteiger partial charge in [0.15, 0.2) is 12.6 Å². The van der Waals surface area contributed by atoms with E-state index in [2.05, 4.69) is 16.8 Å². The van der Waals surface area contributed by atoms with Gasteiger partial charge in [0, 0.05) is 13.2 Å². The molecule has 0 N–H and O–H groups in total. The standard InChI is InChI=1S/C19H30O5S/c1-3-9-21-18(5-1)23-14-17(24-19-6-2-4-10-22-19)13-20-11-7-16-8-12-25-15-16/h8,12,15,17-19H,1-7,9-11,13-14H2/t17-,18?,19?/m1/s1. The number of rotatable bonds is 10. The first kappa shape index (κ1) is 19.3. The van der Waals surface area contributed by atoms with Crippen LogP contribution in [-0.2, 0) is 30.1 Å². The third kappa shape index (κ3) is 7.33. The van der Waals surface area contributed by atoms with Crippen LogP contribution in [0.15, 0.2) is 16.8 Å². The highest BCUT2D eigenvalue weighted by Crippen LogP contribution is 2.18. The van der Waals surface area contributed by atoms with E-state index in [4.69, 9.17) is 23.7 Å². The van der Waals surface area contributed by atoms with E-state index in [1.807, 2.05) is 0 Å². The highest BCUT2D eigenvalue weighted by atomic mass is 32.1. The Morgan fingerprint density at radius 2 is 1.84 bits per heavy atom. The van der Waals surface area contributed by atoms with Crippen molar-refractivity contribution in [3.63, 3.8) is 0 Å². The molecular formula is C19H30O5S. The molecule has 0 bridgehead atoms. The summed E-state index contributed by atoms with van der Waals surface area (Å²) in [4.78, 5) is 0. The van der Waals surface area contributed by atoms with Gasteiger partial charge < -0.3 is 23.7 Å². The van der Waals surface area contributed by atoms with Gasteiger partial charge in [-0.05, 0) is 67.3 Å². The smallest absolute Gasteiger partial charge is 0.158 e. The molecule has 2 saturated heterocycles. The maximum atomic E-state index is 6.09. The fourth-order valence-corrected chi connectivity index (χ4v) is 3.76. The summed E-state index contributed by atoms with van der Waals surface area (Å²) < 4.78 is 29.2. The molecule has 2 fully saturated rings. The Labute approximate surface area is 154 Å². The van der Waals surface area contributed by atoms with Crippen molar-refractivity contribution in [1.82, 2.24) is 0 Å².